The van der Waals surface area contributed by atoms with E-state index < -0.39 is 22.2 Å². The van der Waals surface area contributed by atoms with Gasteiger partial charge in [0.2, 0.25) is 0 Å². The summed E-state index contributed by atoms with van der Waals surface area (Å²) in [5.74, 6) is -0.00700. The van der Waals surface area contributed by atoms with Gasteiger partial charge >= 0.3 is 6.09 Å². The molecular weight excluding hydrogens is 424 g/mol. The number of carbonyl (C=O) groups is 1. The molecule has 0 fully saturated rings. The van der Waals surface area contributed by atoms with E-state index in [1.165, 1.54) is 11.1 Å². The van der Waals surface area contributed by atoms with Crippen molar-refractivity contribution < 1.29 is 17.9 Å². The molecule has 1 aliphatic carbocycles. The van der Waals surface area contributed by atoms with Crippen molar-refractivity contribution in [1.29, 1.82) is 0 Å². The quantitative estimate of drug-likeness (QED) is 0.534. The van der Waals surface area contributed by atoms with E-state index in [4.69, 9.17) is 4.74 Å². The molecule has 0 spiro atoms. The van der Waals surface area contributed by atoms with Crippen molar-refractivity contribution >= 4 is 27.0 Å². The molecule has 5 rings (SSSR count). The van der Waals surface area contributed by atoms with Crippen LogP contribution in [-0.4, -0.2) is 37.0 Å². The first kappa shape index (κ1) is 20.6. The Hall–Kier alpha value is -3.32. The number of hydrogen-bond acceptors (Lipinski definition) is 4. The van der Waals surface area contributed by atoms with Crippen molar-refractivity contribution in [3.63, 3.8) is 0 Å². The molecule has 0 saturated heterocycles. The van der Waals surface area contributed by atoms with Gasteiger partial charge in [-0.25, -0.2) is 17.2 Å². The third-order valence-corrected chi connectivity index (χ3v) is 8.20. The van der Waals surface area contributed by atoms with Gasteiger partial charge in [-0.15, -0.1) is 0 Å². The fourth-order valence-corrected chi connectivity index (χ4v) is 6.52. The van der Waals surface area contributed by atoms with Crippen LogP contribution in [0.1, 0.15) is 24.2 Å². The van der Waals surface area contributed by atoms with Crippen LogP contribution in [0.2, 0.25) is 0 Å². The number of para-hydroxylation sites is 1. The first-order chi connectivity index (χ1) is 15.5. The first-order valence-electron chi connectivity index (χ1n) is 10.6. The van der Waals surface area contributed by atoms with Crippen LogP contribution in [0.5, 0.6) is 0 Å². The number of ether oxygens (including phenoxy) is 1. The smallest absolute Gasteiger partial charge is 0.410 e. The van der Waals surface area contributed by atoms with Gasteiger partial charge in [0.1, 0.15) is 0 Å². The maximum atomic E-state index is 13.9. The van der Waals surface area contributed by atoms with Crippen LogP contribution in [0.3, 0.4) is 0 Å². The molecule has 2 aliphatic rings. The van der Waals surface area contributed by atoms with Crippen molar-refractivity contribution in [3.8, 4) is 0 Å². The standard InChI is InChI=1S/C25H24N2O4S/c1-3-17-16-26(25(28)31-2)22-14-13-18(17)15-23-24(22)20-11-7-8-12-21(20)27(23)32(29,30)19-9-5-4-6-10-19/h3-14,18,22H,15-16H2,1-2H3/b17-3+/t18-,22+/m0/s1. The highest BCUT2D eigenvalue weighted by molar-refractivity contribution is 7.90. The van der Waals surface area contributed by atoms with Crippen molar-refractivity contribution in [1.82, 2.24) is 8.87 Å². The van der Waals surface area contributed by atoms with Crippen LogP contribution in [0.25, 0.3) is 10.9 Å². The summed E-state index contributed by atoms with van der Waals surface area (Å²) < 4.78 is 34.3. The van der Waals surface area contributed by atoms with Gasteiger partial charge in [-0.1, -0.05) is 54.6 Å². The molecule has 0 saturated carbocycles. The van der Waals surface area contributed by atoms with Gasteiger partial charge in [0.25, 0.3) is 10.0 Å². The number of carbonyl (C=O) groups excluding carboxylic acids is 1. The maximum absolute atomic E-state index is 13.9. The number of rotatable bonds is 2. The fraction of sp³-hybridized carbons (Fsp3) is 0.240. The van der Waals surface area contributed by atoms with E-state index in [-0.39, 0.29) is 10.8 Å². The molecule has 32 heavy (non-hydrogen) atoms. The first-order valence-corrected chi connectivity index (χ1v) is 12.0. The minimum atomic E-state index is -3.84. The Labute approximate surface area is 187 Å². The number of nitrogens with zero attached hydrogens (tertiary/aromatic N) is 2. The molecule has 7 heteroatoms. The molecule has 0 N–H and O–H groups in total. The highest BCUT2D eigenvalue weighted by atomic mass is 32.2. The monoisotopic (exact) mass is 448 g/mol. The van der Waals surface area contributed by atoms with Gasteiger partial charge in [0.05, 0.1) is 23.6 Å². The number of hydrogen-bond donors (Lipinski definition) is 0. The second-order valence-corrected chi connectivity index (χ2v) is 9.85. The van der Waals surface area contributed by atoms with E-state index in [2.05, 4.69) is 6.08 Å². The number of methoxy groups -OCH3 is 1. The van der Waals surface area contributed by atoms with Crippen molar-refractivity contribution in [2.45, 2.75) is 24.3 Å². The second kappa shape index (κ2) is 7.67. The zero-order valence-corrected chi connectivity index (χ0v) is 18.7. The van der Waals surface area contributed by atoms with Crippen LogP contribution in [0.4, 0.5) is 4.79 Å². The maximum Gasteiger partial charge on any atom is 0.410 e. The Morgan fingerprint density at radius 3 is 2.50 bits per heavy atom. The van der Waals surface area contributed by atoms with Gasteiger partial charge in [0.15, 0.2) is 0 Å². The van der Waals surface area contributed by atoms with Crippen molar-refractivity contribution in [3.05, 3.63) is 89.7 Å². The zero-order valence-electron chi connectivity index (χ0n) is 17.9. The molecule has 0 unspecified atom stereocenters. The Morgan fingerprint density at radius 1 is 1.06 bits per heavy atom. The number of benzene rings is 2. The Bertz CT molecular complexity index is 1370. The Morgan fingerprint density at radius 2 is 1.78 bits per heavy atom. The number of fused-ring (bicyclic) bond motifs is 6. The summed E-state index contributed by atoms with van der Waals surface area (Å²) in [5, 5.41) is 0.829. The third-order valence-electron chi connectivity index (χ3n) is 6.43. The molecule has 2 heterocycles. The van der Waals surface area contributed by atoms with E-state index in [0.717, 1.165) is 16.5 Å². The molecular formula is C25H24N2O4S. The summed E-state index contributed by atoms with van der Waals surface area (Å²) >= 11 is 0. The van der Waals surface area contributed by atoms with Crippen LogP contribution in [-0.2, 0) is 21.2 Å². The summed E-state index contributed by atoms with van der Waals surface area (Å²) in [6.07, 6.45) is 6.22. The SMILES string of the molecule is C/C=C1\CN(C(=O)OC)[C@@H]2C=C[C@H]1Cc1c2c2ccccc2n1S(=O)(=O)c1ccccc1. The molecule has 2 bridgehead atoms. The van der Waals surface area contributed by atoms with E-state index in [1.54, 1.807) is 35.2 Å². The lowest BCUT2D eigenvalue weighted by molar-refractivity contribution is 0.117. The highest BCUT2D eigenvalue weighted by Crippen LogP contribution is 2.44. The molecule has 3 aromatic rings. The van der Waals surface area contributed by atoms with E-state index in [1.807, 2.05) is 43.3 Å². The summed E-state index contributed by atoms with van der Waals surface area (Å²) in [4.78, 5) is 14.7. The molecule has 0 radical (unpaired) electrons. The molecule has 1 amide bonds. The minimum Gasteiger partial charge on any atom is -0.453 e. The lowest BCUT2D eigenvalue weighted by Gasteiger charge is -2.31. The minimum absolute atomic E-state index is 0.00700. The van der Waals surface area contributed by atoms with Crippen LogP contribution in [0, 0.1) is 5.92 Å². The average Bonchev–Trinajstić information content (AvgIpc) is 2.92. The van der Waals surface area contributed by atoms with Crippen molar-refractivity contribution in [2.24, 2.45) is 5.92 Å². The number of amides is 1. The Balaban J connectivity index is 1.85. The average molecular weight is 449 g/mol. The lowest BCUT2D eigenvalue weighted by Crippen LogP contribution is -2.37. The number of allylic oxidation sites excluding steroid dienone is 2. The molecule has 164 valence electrons. The van der Waals surface area contributed by atoms with Gasteiger partial charge in [-0.3, -0.25) is 4.90 Å². The summed E-state index contributed by atoms with van der Waals surface area (Å²) in [7, 11) is -2.47. The normalized spacial score (nSPS) is 21.4. The second-order valence-electron chi connectivity index (χ2n) is 8.06. The van der Waals surface area contributed by atoms with Crippen molar-refractivity contribution in [2.75, 3.05) is 13.7 Å². The molecule has 1 aromatic heterocycles. The van der Waals surface area contributed by atoms with Gasteiger partial charge in [-0.2, -0.15) is 0 Å². The van der Waals surface area contributed by atoms with Gasteiger partial charge < -0.3 is 4.74 Å². The van der Waals surface area contributed by atoms with Gasteiger partial charge in [0, 0.05) is 29.1 Å². The molecule has 2 atom stereocenters. The molecule has 6 nitrogen and oxygen atoms in total. The fourth-order valence-electron chi connectivity index (χ4n) is 4.92. The highest BCUT2D eigenvalue weighted by Gasteiger charge is 2.39. The topological polar surface area (TPSA) is 68.6 Å². The largest absolute Gasteiger partial charge is 0.453 e. The van der Waals surface area contributed by atoms with E-state index in [9.17, 15) is 13.2 Å². The van der Waals surface area contributed by atoms with E-state index in [0.29, 0.717) is 24.2 Å². The predicted molar refractivity (Wildman–Crippen MR) is 123 cm³/mol. The van der Waals surface area contributed by atoms with E-state index >= 15 is 0 Å². The molecule has 1 aliphatic heterocycles. The van der Waals surface area contributed by atoms with Gasteiger partial charge in [-0.05, 0) is 37.1 Å². The van der Waals surface area contributed by atoms with Crippen LogP contribution in [0.15, 0.2) is 83.3 Å². The summed E-state index contributed by atoms with van der Waals surface area (Å²) in [6.45, 7) is 2.39. The molecule has 2 aromatic carbocycles. The number of aromatic nitrogens is 1. The Kier molecular flexibility index (Phi) is 4.93. The summed E-state index contributed by atoms with van der Waals surface area (Å²) in [5.41, 5.74) is 3.24. The summed E-state index contributed by atoms with van der Waals surface area (Å²) in [6, 6.07) is 15.6. The zero-order chi connectivity index (χ0) is 22.5. The predicted octanol–water partition coefficient (Wildman–Crippen LogP) is 4.68. The van der Waals surface area contributed by atoms with Crippen LogP contribution >= 0.6 is 0 Å². The van der Waals surface area contributed by atoms with Crippen LogP contribution < -0.4 is 0 Å². The lowest BCUT2D eigenvalue weighted by atomic mass is 9.91. The third kappa shape index (κ3) is 2.99.